The van der Waals surface area contributed by atoms with E-state index in [0.717, 1.165) is 19.3 Å². The fraction of sp³-hybridized carbons (Fsp3) is 0.731. The Balaban J connectivity index is 2.01. The quantitative estimate of drug-likeness (QED) is 0.242. The summed E-state index contributed by atoms with van der Waals surface area (Å²) in [5, 5.41) is 9.47. The molecule has 3 fully saturated rings. The summed E-state index contributed by atoms with van der Waals surface area (Å²) in [6.45, 7) is 14.6. The number of amides is 2. The fourth-order valence-corrected chi connectivity index (χ4v) is 8.65. The molecule has 0 saturated carbocycles. The van der Waals surface area contributed by atoms with Gasteiger partial charge >= 0.3 is 5.97 Å². The molecule has 1 spiro atoms. The molecule has 2 bridgehead atoms. The maximum atomic E-state index is 14.2. The minimum atomic E-state index is -0.665. The van der Waals surface area contributed by atoms with Gasteiger partial charge in [0.05, 0.1) is 23.2 Å². The van der Waals surface area contributed by atoms with E-state index in [4.69, 9.17) is 4.74 Å². The lowest BCUT2D eigenvalue weighted by atomic mass is 9.66. The van der Waals surface area contributed by atoms with Crippen molar-refractivity contribution >= 4 is 29.5 Å². The number of fused-ring (bicyclic) bond motifs is 1. The minimum absolute atomic E-state index is 0.0133. The third-order valence-corrected chi connectivity index (χ3v) is 9.80. The average Bonchev–Trinajstić information content (AvgIpc) is 3.39. The highest BCUT2D eigenvalue weighted by Crippen LogP contribution is 2.68. The summed E-state index contributed by atoms with van der Waals surface area (Å²) < 4.78 is 4.87. The van der Waals surface area contributed by atoms with Gasteiger partial charge in [-0.15, -0.1) is 24.9 Å². The smallest absolute Gasteiger partial charge is 0.310 e. The first kappa shape index (κ1) is 26.8. The molecule has 0 radical (unpaired) electrons. The van der Waals surface area contributed by atoms with Crippen molar-refractivity contribution in [3.63, 3.8) is 0 Å². The van der Waals surface area contributed by atoms with Crippen LogP contribution in [0.4, 0.5) is 0 Å². The molecule has 7 nitrogen and oxygen atoms in total. The van der Waals surface area contributed by atoms with Gasteiger partial charge < -0.3 is 19.6 Å². The van der Waals surface area contributed by atoms with Crippen molar-refractivity contribution in [1.29, 1.82) is 0 Å². The molecule has 8 heteroatoms. The summed E-state index contributed by atoms with van der Waals surface area (Å²) in [7, 11) is 0. The van der Waals surface area contributed by atoms with Gasteiger partial charge in [0.15, 0.2) is 0 Å². The van der Waals surface area contributed by atoms with E-state index in [1.807, 2.05) is 11.8 Å². The number of thioether (sulfide) groups is 1. The van der Waals surface area contributed by atoms with Crippen molar-refractivity contribution in [3.8, 4) is 0 Å². The molecule has 34 heavy (non-hydrogen) atoms. The number of carbonyl (C=O) groups excluding carboxylic acids is 3. The first-order valence-corrected chi connectivity index (χ1v) is 13.5. The normalized spacial score (nSPS) is 32.4. The van der Waals surface area contributed by atoms with E-state index in [-0.39, 0.29) is 48.2 Å². The minimum Gasteiger partial charge on any atom is -0.465 e. The Hall–Kier alpha value is -1.80. The zero-order valence-electron chi connectivity index (χ0n) is 20.8. The molecule has 3 heterocycles. The molecule has 0 aromatic carbocycles. The Bertz CT molecular complexity index is 804. The third kappa shape index (κ3) is 4.43. The molecule has 3 aliphatic rings. The largest absolute Gasteiger partial charge is 0.465 e. The Morgan fingerprint density at radius 3 is 2.74 bits per heavy atom. The van der Waals surface area contributed by atoms with E-state index in [1.165, 1.54) is 0 Å². The molecular formula is C26H40N2O5S. The van der Waals surface area contributed by atoms with Crippen LogP contribution in [-0.2, 0) is 19.1 Å². The van der Waals surface area contributed by atoms with Crippen LogP contribution in [0.25, 0.3) is 0 Å². The van der Waals surface area contributed by atoms with Crippen LogP contribution in [0.2, 0.25) is 0 Å². The van der Waals surface area contributed by atoms with Crippen LogP contribution in [0.1, 0.15) is 52.9 Å². The number of ether oxygens (including phenoxy) is 1. The zero-order valence-corrected chi connectivity index (χ0v) is 21.6. The van der Waals surface area contributed by atoms with Gasteiger partial charge in [-0.25, -0.2) is 0 Å². The maximum absolute atomic E-state index is 14.2. The predicted molar refractivity (Wildman–Crippen MR) is 134 cm³/mol. The van der Waals surface area contributed by atoms with Gasteiger partial charge in [0.1, 0.15) is 6.04 Å². The van der Waals surface area contributed by atoms with Crippen LogP contribution in [-0.4, -0.2) is 81.1 Å². The van der Waals surface area contributed by atoms with Crippen LogP contribution in [0.15, 0.2) is 25.3 Å². The Morgan fingerprint density at radius 2 is 2.12 bits per heavy atom. The summed E-state index contributed by atoms with van der Waals surface area (Å²) in [6.07, 6.45) is 6.96. The van der Waals surface area contributed by atoms with Crippen molar-refractivity contribution in [2.24, 2.45) is 17.8 Å². The van der Waals surface area contributed by atoms with Crippen molar-refractivity contribution in [2.75, 3.05) is 26.3 Å². The second kappa shape index (κ2) is 11.3. The molecule has 0 aromatic heterocycles. The molecule has 3 rings (SSSR count). The molecule has 190 valence electrons. The fourth-order valence-electron chi connectivity index (χ4n) is 6.24. The Kier molecular flexibility index (Phi) is 8.90. The highest BCUT2D eigenvalue weighted by Gasteiger charge is 2.76. The Labute approximate surface area is 208 Å². The van der Waals surface area contributed by atoms with Gasteiger partial charge in [-0.05, 0) is 38.5 Å². The lowest BCUT2D eigenvalue weighted by molar-refractivity contribution is -0.154. The summed E-state index contributed by atoms with van der Waals surface area (Å²) in [5.74, 6) is -1.59. The highest BCUT2D eigenvalue weighted by atomic mass is 32.2. The van der Waals surface area contributed by atoms with Crippen molar-refractivity contribution < 1.29 is 24.2 Å². The topological polar surface area (TPSA) is 87.2 Å². The number of esters is 1. The third-order valence-electron chi connectivity index (χ3n) is 7.72. The molecule has 1 N–H and O–H groups in total. The first-order valence-electron chi connectivity index (χ1n) is 12.6. The summed E-state index contributed by atoms with van der Waals surface area (Å²) in [4.78, 5) is 44.7. The zero-order chi connectivity index (χ0) is 25.0. The number of hydrogen-bond acceptors (Lipinski definition) is 6. The first-order chi connectivity index (χ1) is 16.3. The second-order valence-corrected chi connectivity index (χ2v) is 11.4. The number of nitrogens with zero attached hydrogens (tertiary/aromatic N) is 2. The number of likely N-dealkylation sites (tertiary alicyclic amines) is 1. The van der Waals surface area contributed by atoms with E-state index in [0.29, 0.717) is 25.9 Å². The summed E-state index contributed by atoms with van der Waals surface area (Å²) in [5.41, 5.74) is 0. The van der Waals surface area contributed by atoms with Gasteiger partial charge in [0, 0.05) is 31.0 Å². The highest BCUT2D eigenvalue weighted by molar-refractivity contribution is 8.02. The van der Waals surface area contributed by atoms with Gasteiger partial charge in [-0.1, -0.05) is 32.4 Å². The van der Waals surface area contributed by atoms with Crippen molar-refractivity contribution in [3.05, 3.63) is 25.3 Å². The van der Waals surface area contributed by atoms with Crippen LogP contribution < -0.4 is 0 Å². The SMILES string of the molecule is C=CCCOC(=O)[C@@H]1[C@@H]2CC(C)C3(S2)C(C(=O)N(CC=C)C(C)CCC)N(CCCO)C(=O)[C@H]13. The summed E-state index contributed by atoms with van der Waals surface area (Å²) in [6, 6.07) is -0.647. The van der Waals surface area contributed by atoms with Crippen molar-refractivity contribution in [1.82, 2.24) is 9.80 Å². The molecule has 4 unspecified atom stereocenters. The van der Waals surface area contributed by atoms with Crippen LogP contribution in [0, 0.1) is 17.8 Å². The van der Waals surface area contributed by atoms with Gasteiger partial charge in [0.2, 0.25) is 11.8 Å². The van der Waals surface area contributed by atoms with Crippen molar-refractivity contribution in [2.45, 2.75) is 75.0 Å². The van der Waals surface area contributed by atoms with Gasteiger partial charge in [-0.3, -0.25) is 14.4 Å². The maximum Gasteiger partial charge on any atom is 0.310 e. The monoisotopic (exact) mass is 492 g/mol. The number of hydrogen-bond donors (Lipinski definition) is 1. The lowest BCUT2D eigenvalue weighted by Gasteiger charge is -2.41. The van der Waals surface area contributed by atoms with E-state index < -0.39 is 22.6 Å². The predicted octanol–water partition coefficient (Wildman–Crippen LogP) is 3.03. The number of rotatable bonds is 13. The van der Waals surface area contributed by atoms with E-state index in [9.17, 15) is 19.5 Å². The lowest BCUT2D eigenvalue weighted by Crippen LogP contribution is -2.58. The molecular weight excluding hydrogens is 452 g/mol. The van der Waals surface area contributed by atoms with Crippen LogP contribution in [0.5, 0.6) is 0 Å². The van der Waals surface area contributed by atoms with E-state index in [2.05, 4.69) is 27.0 Å². The van der Waals surface area contributed by atoms with Crippen LogP contribution >= 0.6 is 11.8 Å². The Morgan fingerprint density at radius 1 is 1.38 bits per heavy atom. The van der Waals surface area contributed by atoms with E-state index in [1.54, 1.807) is 28.8 Å². The molecule has 7 atom stereocenters. The average molecular weight is 493 g/mol. The molecule has 0 aliphatic carbocycles. The standard InChI is InChI=1S/C26H40N2O5S/c1-6-9-15-33-25(32)20-19-16-17(4)26(34-19)21(20)23(30)28(13-10-14-29)22(26)24(31)27(12-8-3)18(5)11-7-2/h6,8,17-22,29H,1,3,7,9-16H2,2,4-5H3/t17?,18?,19-,20+,21-,22?,26?/m0/s1. The molecule has 2 amide bonds. The van der Waals surface area contributed by atoms with Gasteiger partial charge in [-0.2, -0.15) is 0 Å². The number of carbonyl (C=O) groups is 3. The molecule has 0 aromatic rings. The second-order valence-electron chi connectivity index (χ2n) is 9.82. The molecule has 3 aliphatic heterocycles. The summed E-state index contributed by atoms with van der Waals surface area (Å²) >= 11 is 1.65. The molecule has 3 saturated heterocycles. The number of aliphatic hydroxyl groups excluding tert-OH is 1. The van der Waals surface area contributed by atoms with Crippen LogP contribution in [0.3, 0.4) is 0 Å². The number of aliphatic hydroxyl groups is 1. The van der Waals surface area contributed by atoms with Gasteiger partial charge in [0.25, 0.3) is 0 Å². The van der Waals surface area contributed by atoms with E-state index >= 15 is 0 Å².